The van der Waals surface area contributed by atoms with Gasteiger partial charge in [0, 0.05) is 37.8 Å². The topological polar surface area (TPSA) is 102 Å². The Labute approximate surface area is 195 Å². The molecule has 1 amide bonds. The molecule has 0 aromatic rings. The van der Waals surface area contributed by atoms with E-state index in [-0.39, 0.29) is 42.6 Å². The number of amides is 1. The lowest BCUT2D eigenvalue weighted by atomic mass is 9.58. The van der Waals surface area contributed by atoms with Gasteiger partial charge < -0.3 is 24.3 Å². The summed E-state index contributed by atoms with van der Waals surface area (Å²) in [5.41, 5.74) is -0.682. The monoisotopic (exact) mass is 467 g/mol. The van der Waals surface area contributed by atoms with Crippen LogP contribution in [0.15, 0.2) is 0 Å². The van der Waals surface area contributed by atoms with E-state index < -0.39 is 29.9 Å². The molecular weight excluding hydrogens is 430 g/mol. The highest BCUT2D eigenvalue weighted by Crippen LogP contribution is 2.60. The van der Waals surface area contributed by atoms with Gasteiger partial charge in [0.15, 0.2) is 11.9 Å². The summed E-state index contributed by atoms with van der Waals surface area (Å²) in [5.74, 6) is -0.746. The molecule has 1 spiro atoms. The van der Waals surface area contributed by atoms with Crippen LogP contribution in [0.2, 0.25) is 0 Å². The van der Waals surface area contributed by atoms with Crippen LogP contribution in [0.4, 0.5) is 0 Å². The van der Waals surface area contributed by atoms with Gasteiger partial charge in [0.25, 0.3) is 0 Å². The Balaban J connectivity index is 1.20. The van der Waals surface area contributed by atoms with Gasteiger partial charge in [-0.1, -0.05) is 13.8 Å². The van der Waals surface area contributed by atoms with Crippen LogP contribution in [-0.4, -0.2) is 55.1 Å². The second-order valence-corrected chi connectivity index (χ2v) is 10.7. The number of carbonyl (C=O) groups is 2. The number of ether oxygens (including phenoxy) is 4. The molecule has 9 nitrogen and oxygen atoms in total. The van der Waals surface area contributed by atoms with Gasteiger partial charge in [-0.3, -0.25) is 9.59 Å². The van der Waals surface area contributed by atoms with Gasteiger partial charge in [0.2, 0.25) is 18.0 Å². The van der Waals surface area contributed by atoms with Crippen LogP contribution in [0.1, 0.15) is 72.1 Å². The second kappa shape index (κ2) is 9.07. The molecule has 0 aromatic heterocycles. The quantitative estimate of drug-likeness (QED) is 0.470. The molecule has 33 heavy (non-hydrogen) atoms. The number of hydrogen-bond donors (Lipinski definition) is 1. The zero-order chi connectivity index (χ0) is 23.2. The third-order valence-corrected chi connectivity index (χ3v) is 8.45. The largest absolute Gasteiger partial charge is 0.435 e. The van der Waals surface area contributed by atoms with Crippen molar-refractivity contribution in [2.75, 3.05) is 13.2 Å². The van der Waals surface area contributed by atoms with E-state index >= 15 is 0 Å². The summed E-state index contributed by atoms with van der Waals surface area (Å²) in [5, 5.41) is 2.84. The lowest BCUT2D eigenvalue weighted by Crippen LogP contribution is -2.70. The summed E-state index contributed by atoms with van der Waals surface area (Å²) < 4.78 is 23.8. The van der Waals surface area contributed by atoms with E-state index in [9.17, 15) is 9.59 Å². The van der Waals surface area contributed by atoms with E-state index in [1.165, 1.54) is 0 Å². The minimum atomic E-state index is -0.867. The average molecular weight is 468 g/mol. The summed E-state index contributed by atoms with van der Waals surface area (Å²) in [7, 11) is 0. The van der Waals surface area contributed by atoms with Crippen molar-refractivity contribution in [3.05, 3.63) is 0 Å². The Morgan fingerprint density at radius 3 is 2.70 bits per heavy atom. The summed E-state index contributed by atoms with van der Waals surface area (Å²) in [6, 6.07) is 0. The smallest absolute Gasteiger partial charge is 0.308 e. The molecule has 1 N–H and O–H groups in total. The van der Waals surface area contributed by atoms with Gasteiger partial charge in [0.1, 0.15) is 0 Å². The molecule has 3 unspecified atom stereocenters. The first-order valence-electron chi connectivity index (χ1n) is 12.6. The summed E-state index contributed by atoms with van der Waals surface area (Å²) in [4.78, 5) is 36.6. The van der Waals surface area contributed by atoms with Crippen LogP contribution in [0, 0.1) is 23.7 Å². The Kier molecular flexibility index (Phi) is 6.46. The molecule has 1 saturated carbocycles. The molecule has 5 aliphatic heterocycles. The number of carbonyl (C=O) groups excluding carboxylic acids is 2. The second-order valence-electron chi connectivity index (χ2n) is 10.7. The summed E-state index contributed by atoms with van der Waals surface area (Å²) in [6.45, 7) is 7.40. The SMILES string of the molecule is C[C@H]1[C@H](OC(=O)CCC(=O)NCC2CCCO2)O[C@@H]2OC3(C)CC[C@H]4[C@H](C)CC[C@@H]1C24OO3. The van der Waals surface area contributed by atoms with Crippen LogP contribution < -0.4 is 5.32 Å². The first-order valence-corrected chi connectivity index (χ1v) is 12.6. The number of fused-ring (bicyclic) bond motifs is 2. The van der Waals surface area contributed by atoms with Crippen molar-refractivity contribution >= 4 is 11.9 Å². The minimum Gasteiger partial charge on any atom is -0.435 e. The third kappa shape index (κ3) is 4.31. The van der Waals surface area contributed by atoms with E-state index in [4.69, 9.17) is 28.7 Å². The van der Waals surface area contributed by atoms with Crippen molar-refractivity contribution in [3.63, 3.8) is 0 Å². The molecule has 0 aromatic carbocycles. The van der Waals surface area contributed by atoms with Crippen molar-refractivity contribution in [1.82, 2.24) is 5.32 Å². The lowest BCUT2D eigenvalue weighted by Gasteiger charge is -2.59. The molecule has 6 rings (SSSR count). The van der Waals surface area contributed by atoms with E-state index in [1.54, 1.807) is 0 Å². The fourth-order valence-corrected chi connectivity index (χ4v) is 6.53. The van der Waals surface area contributed by atoms with Crippen molar-refractivity contribution in [1.29, 1.82) is 0 Å². The van der Waals surface area contributed by atoms with Crippen LogP contribution in [0.5, 0.6) is 0 Å². The summed E-state index contributed by atoms with van der Waals surface area (Å²) >= 11 is 0. The van der Waals surface area contributed by atoms with Crippen molar-refractivity contribution in [2.45, 2.75) is 102 Å². The van der Waals surface area contributed by atoms with Gasteiger partial charge in [-0.15, -0.1) is 0 Å². The third-order valence-electron chi connectivity index (χ3n) is 8.45. The van der Waals surface area contributed by atoms with Crippen molar-refractivity contribution in [2.24, 2.45) is 23.7 Å². The minimum absolute atomic E-state index is 0.00224. The highest BCUT2D eigenvalue weighted by Gasteiger charge is 2.69. The van der Waals surface area contributed by atoms with Gasteiger partial charge >= 0.3 is 5.97 Å². The Morgan fingerprint density at radius 1 is 1.06 bits per heavy atom. The number of esters is 1. The molecule has 6 aliphatic rings. The number of hydrogen-bond acceptors (Lipinski definition) is 8. The van der Waals surface area contributed by atoms with Crippen LogP contribution in [0.3, 0.4) is 0 Å². The Hall–Kier alpha value is -1.26. The summed E-state index contributed by atoms with van der Waals surface area (Å²) in [6.07, 6.45) is 4.44. The molecule has 6 fully saturated rings. The van der Waals surface area contributed by atoms with Crippen molar-refractivity contribution in [3.8, 4) is 0 Å². The molecule has 5 saturated heterocycles. The maximum absolute atomic E-state index is 12.6. The maximum atomic E-state index is 12.6. The molecule has 1 aliphatic carbocycles. The highest BCUT2D eigenvalue weighted by molar-refractivity contribution is 5.81. The standard InChI is InChI=1S/C24H37NO8/c1-14-6-7-18-15(2)21(29-20(27)9-8-19(26)25-13-16-5-4-12-28-16)30-22-24(18)17(14)10-11-23(3,31-22)32-33-24/h14-18,21-22H,4-13H2,1-3H3,(H,25,26)/t14-,15-,16?,17+,18+,21-,22-,23?,24?/m1/s1. The molecule has 2 bridgehead atoms. The Morgan fingerprint density at radius 2 is 1.91 bits per heavy atom. The van der Waals surface area contributed by atoms with Crippen LogP contribution in [0.25, 0.3) is 0 Å². The predicted octanol–water partition coefficient (Wildman–Crippen LogP) is 2.81. The number of nitrogens with one attached hydrogen (secondary N) is 1. The fourth-order valence-electron chi connectivity index (χ4n) is 6.53. The maximum Gasteiger partial charge on any atom is 0.308 e. The molecular formula is C24H37NO8. The van der Waals surface area contributed by atoms with E-state index in [0.717, 1.165) is 45.1 Å². The van der Waals surface area contributed by atoms with Gasteiger partial charge in [0.05, 0.1) is 12.5 Å². The predicted molar refractivity (Wildman–Crippen MR) is 114 cm³/mol. The van der Waals surface area contributed by atoms with Gasteiger partial charge in [-0.25, -0.2) is 9.78 Å². The van der Waals surface area contributed by atoms with Crippen molar-refractivity contribution < 1.29 is 38.3 Å². The normalized spacial score (nSPS) is 46.3. The Bertz CT molecular complexity index is 757. The zero-order valence-corrected chi connectivity index (χ0v) is 19.9. The first kappa shape index (κ1) is 23.5. The van der Waals surface area contributed by atoms with Gasteiger partial charge in [-0.05, 0) is 50.9 Å². The number of rotatable bonds is 6. The van der Waals surface area contributed by atoms with Crippen LogP contribution in [-0.2, 0) is 38.3 Å². The van der Waals surface area contributed by atoms with E-state index in [1.807, 2.05) is 13.8 Å². The van der Waals surface area contributed by atoms with E-state index in [0.29, 0.717) is 12.5 Å². The lowest BCUT2D eigenvalue weighted by molar-refractivity contribution is -0.576. The molecule has 186 valence electrons. The molecule has 0 radical (unpaired) electrons. The molecule has 9 atom stereocenters. The first-order chi connectivity index (χ1) is 15.8. The molecule has 9 heteroatoms. The van der Waals surface area contributed by atoms with Crippen LogP contribution >= 0.6 is 0 Å². The molecule has 5 heterocycles. The average Bonchev–Trinajstić information content (AvgIpc) is 3.21. The fraction of sp³-hybridized carbons (Fsp3) is 0.917. The van der Waals surface area contributed by atoms with Gasteiger partial charge in [-0.2, -0.15) is 0 Å². The zero-order valence-electron chi connectivity index (χ0n) is 19.9. The van der Waals surface area contributed by atoms with E-state index in [2.05, 4.69) is 12.2 Å². The highest BCUT2D eigenvalue weighted by atomic mass is 17.3.